The van der Waals surface area contributed by atoms with Crippen LogP contribution in [0.1, 0.15) is 28.5 Å². The Labute approximate surface area is 160 Å². The predicted molar refractivity (Wildman–Crippen MR) is 98.6 cm³/mol. The molecule has 8 heteroatoms. The molecule has 2 N–H and O–H groups in total. The van der Waals surface area contributed by atoms with Crippen molar-refractivity contribution < 1.29 is 18.4 Å². The van der Waals surface area contributed by atoms with E-state index in [-0.39, 0.29) is 18.1 Å². The van der Waals surface area contributed by atoms with Crippen LogP contribution in [0.4, 0.5) is 8.78 Å². The number of hydrogen-bond donors (Lipinski definition) is 2. The van der Waals surface area contributed by atoms with Crippen molar-refractivity contribution in [1.29, 1.82) is 0 Å². The molecule has 6 nitrogen and oxygen atoms in total. The van der Waals surface area contributed by atoms with Gasteiger partial charge in [-0.2, -0.15) is 5.10 Å². The number of halogens is 2. The van der Waals surface area contributed by atoms with Gasteiger partial charge < -0.3 is 0 Å². The van der Waals surface area contributed by atoms with Crippen LogP contribution in [0.3, 0.4) is 0 Å². The van der Waals surface area contributed by atoms with E-state index in [9.17, 15) is 18.4 Å². The molecular weight excluding hydrogens is 366 g/mol. The van der Waals surface area contributed by atoms with Crippen molar-refractivity contribution in [2.24, 2.45) is 0 Å². The largest absolute Gasteiger partial charge is 0.273 e. The van der Waals surface area contributed by atoms with Crippen molar-refractivity contribution in [2.75, 3.05) is 0 Å². The van der Waals surface area contributed by atoms with Crippen molar-refractivity contribution in [1.82, 2.24) is 20.6 Å². The van der Waals surface area contributed by atoms with E-state index >= 15 is 0 Å². The lowest BCUT2D eigenvalue weighted by atomic mass is 10.1. The van der Waals surface area contributed by atoms with Gasteiger partial charge in [-0.3, -0.25) is 20.4 Å². The first kappa shape index (κ1) is 19.2. The minimum Gasteiger partial charge on any atom is -0.273 e. The minimum atomic E-state index is -0.516. The number of nitrogens with one attached hydrogen (secondary N) is 2. The molecule has 0 spiro atoms. The van der Waals surface area contributed by atoms with Crippen molar-refractivity contribution in [2.45, 2.75) is 19.8 Å². The summed E-state index contributed by atoms with van der Waals surface area (Å²) in [6, 6.07) is 11.3. The van der Waals surface area contributed by atoms with Crippen LogP contribution in [0.2, 0.25) is 0 Å². The standard InChI is InChI=1S/C20H18F2N4O2/c1-2-18-17(12-23-26(18)16-9-7-15(22)8-10-16)20(28)25-24-19(27)11-13-3-5-14(21)6-4-13/h3-10,12H,2,11H2,1H3,(H,24,27)(H,25,28). The average molecular weight is 384 g/mol. The molecule has 0 saturated heterocycles. The minimum absolute atomic E-state index is 0.00393. The van der Waals surface area contributed by atoms with E-state index in [4.69, 9.17) is 0 Å². The summed E-state index contributed by atoms with van der Waals surface area (Å²) in [4.78, 5) is 24.4. The molecule has 0 saturated carbocycles. The summed E-state index contributed by atoms with van der Waals surface area (Å²) in [6.07, 6.45) is 1.89. The van der Waals surface area contributed by atoms with Crippen molar-refractivity contribution in [3.63, 3.8) is 0 Å². The van der Waals surface area contributed by atoms with E-state index in [1.54, 1.807) is 16.8 Å². The first-order valence-electron chi connectivity index (χ1n) is 8.64. The first-order valence-corrected chi connectivity index (χ1v) is 8.64. The second-order valence-electron chi connectivity index (χ2n) is 6.05. The third-order valence-corrected chi connectivity index (χ3v) is 4.11. The van der Waals surface area contributed by atoms with Crippen LogP contribution in [-0.2, 0) is 17.6 Å². The molecular formula is C20H18F2N4O2. The maximum atomic E-state index is 13.1. The van der Waals surface area contributed by atoms with Crippen LogP contribution in [0, 0.1) is 11.6 Å². The average Bonchev–Trinajstić information content (AvgIpc) is 3.12. The molecule has 0 aliphatic rings. The van der Waals surface area contributed by atoms with Gasteiger partial charge in [0.2, 0.25) is 5.91 Å². The SMILES string of the molecule is CCc1c(C(=O)NNC(=O)Cc2ccc(F)cc2)cnn1-c1ccc(F)cc1. The predicted octanol–water partition coefficient (Wildman–Crippen LogP) is 2.72. The van der Waals surface area contributed by atoms with E-state index in [0.29, 0.717) is 28.9 Å². The number of aromatic nitrogens is 2. The molecule has 0 aliphatic carbocycles. The summed E-state index contributed by atoms with van der Waals surface area (Å²) < 4.78 is 27.6. The van der Waals surface area contributed by atoms with Crippen LogP contribution < -0.4 is 10.9 Å². The molecule has 0 aliphatic heterocycles. The summed E-state index contributed by atoms with van der Waals surface area (Å²) in [6.45, 7) is 1.86. The van der Waals surface area contributed by atoms with Gasteiger partial charge in [-0.05, 0) is 48.4 Å². The smallest absolute Gasteiger partial charge is 0.273 e. The quantitative estimate of drug-likeness (QED) is 0.664. The van der Waals surface area contributed by atoms with Gasteiger partial charge in [0, 0.05) is 0 Å². The Morgan fingerprint density at radius 1 is 0.964 bits per heavy atom. The molecule has 0 bridgehead atoms. The number of nitrogens with zero attached hydrogens (tertiary/aromatic N) is 2. The lowest BCUT2D eigenvalue weighted by molar-refractivity contribution is -0.121. The van der Waals surface area contributed by atoms with Gasteiger partial charge in [0.25, 0.3) is 5.91 Å². The number of carbonyl (C=O) groups excluding carboxylic acids is 2. The maximum Gasteiger partial charge on any atom is 0.273 e. The molecule has 144 valence electrons. The normalized spacial score (nSPS) is 10.5. The van der Waals surface area contributed by atoms with Crippen LogP contribution in [-0.4, -0.2) is 21.6 Å². The fourth-order valence-electron chi connectivity index (χ4n) is 2.73. The summed E-state index contributed by atoms with van der Waals surface area (Å²) in [7, 11) is 0. The van der Waals surface area contributed by atoms with E-state index in [1.165, 1.54) is 42.6 Å². The second kappa shape index (κ2) is 8.43. The van der Waals surface area contributed by atoms with Crippen molar-refractivity contribution in [3.8, 4) is 5.69 Å². The third kappa shape index (κ3) is 4.40. The summed E-state index contributed by atoms with van der Waals surface area (Å²) in [5.41, 5.74) is 6.85. The van der Waals surface area contributed by atoms with E-state index < -0.39 is 11.8 Å². The number of amides is 2. The molecule has 1 aromatic heterocycles. The number of hydrazine groups is 1. The van der Waals surface area contributed by atoms with Crippen LogP contribution >= 0.6 is 0 Å². The maximum absolute atomic E-state index is 13.1. The van der Waals surface area contributed by atoms with Gasteiger partial charge in [0.05, 0.1) is 29.6 Å². The lowest BCUT2D eigenvalue weighted by Crippen LogP contribution is -2.42. The van der Waals surface area contributed by atoms with Crippen LogP contribution in [0.15, 0.2) is 54.7 Å². The van der Waals surface area contributed by atoms with Gasteiger partial charge >= 0.3 is 0 Å². The fourth-order valence-corrected chi connectivity index (χ4v) is 2.73. The zero-order valence-corrected chi connectivity index (χ0v) is 15.1. The summed E-state index contributed by atoms with van der Waals surface area (Å²) >= 11 is 0. The highest BCUT2D eigenvalue weighted by atomic mass is 19.1. The summed E-state index contributed by atoms with van der Waals surface area (Å²) in [5, 5.41) is 4.20. The van der Waals surface area contributed by atoms with Crippen LogP contribution in [0.25, 0.3) is 5.69 Å². The monoisotopic (exact) mass is 384 g/mol. The molecule has 0 fully saturated rings. The lowest BCUT2D eigenvalue weighted by Gasteiger charge is -2.09. The number of rotatable bonds is 5. The highest BCUT2D eigenvalue weighted by Gasteiger charge is 2.17. The molecule has 28 heavy (non-hydrogen) atoms. The van der Waals surface area contributed by atoms with Gasteiger partial charge in [-0.15, -0.1) is 0 Å². The molecule has 3 rings (SSSR count). The van der Waals surface area contributed by atoms with Crippen molar-refractivity contribution in [3.05, 3.63) is 83.2 Å². The van der Waals surface area contributed by atoms with E-state index in [0.717, 1.165) is 0 Å². The molecule has 3 aromatic rings. The Balaban J connectivity index is 1.66. The van der Waals surface area contributed by atoms with Crippen LogP contribution in [0.5, 0.6) is 0 Å². The Bertz CT molecular complexity index is 982. The van der Waals surface area contributed by atoms with Gasteiger partial charge in [-0.25, -0.2) is 13.5 Å². The summed E-state index contributed by atoms with van der Waals surface area (Å²) in [5.74, 6) is -1.71. The molecule has 2 amide bonds. The zero-order chi connectivity index (χ0) is 20.1. The van der Waals surface area contributed by atoms with Gasteiger partial charge in [0.15, 0.2) is 0 Å². The molecule has 0 unspecified atom stereocenters. The second-order valence-corrected chi connectivity index (χ2v) is 6.05. The molecule has 0 atom stereocenters. The van der Waals surface area contributed by atoms with E-state index in [2.05, 4.69) is 16.0 Å². The molecule has 2 aromatic carbocycles. The topological polar surface area (TPSA) is 76.0 Å². The Morgan fingerprint density at radius 3 is 2.18 bits per heavy atom. The number of carbonyl (C=O) groups is 2. The highest BCUT2D eigenvalue weighted by molar-refractivity contribution is 5.96. The van der Waals surface area contributed by atoms with Crippen molar-refractivity contribution >= 4 is 11.8 Å². The Kier molecular flexibility index (Phi) is 5.78. The Morgan fingerprint density at radius 2 is 1.57 bits per heavy atom. The number of benzene rings is 2. The van der Waals surface area contributed by atoms with E-state index in [1.807, 2.05) is 6.92 Å². The van der Waals surface area contributed by atoms with Gasteiger partial charge in [-0.1, -0.05) is 19.1 Å². The highest BCUT2D eigenvalue weighted by Crippen LogP contribution is 2.16. The fraction of sp³-hybridized carbons (Fsp3) is 0.150. The zero-order valence-electron chi connectivity index (χ0n) is 15.1. The Hall–Kier alpha value is -3.55. The number of hydrogen-bond acceptors (Lipinski definition) is 3. The first-order chi connectivity index (χ1) is 13.5. The third-order valence-electron chi connectivity index (χ3n) is 4.11. The molecule has 0 radical (unpaired) electrons. The molecule has 1 heterocycles. The van der Waals surface area contributed by atoms with Gasteiger partial charge in [0.1, 0.15) is 11.6 Å².